The van der Waals surface area contributed by atoms with Crippen LogP contribution in [0.2, 0.25) is 0 Å². The minimum absolute atomic E-state index is 0.0306. The normalized spacial score (nSPS) is 13.6. The molecule has 0 saturated carbocycles. The number of aryl methyl sites for hydroxylation is 1. The highest BCUT2D eigenvalue weighted by Gasteiger charge is 2.19. The van der Waals surface area contributed by atoms with Crippen LogP contribution in [-0.2, 0) is 18.4 Å². The van der Waals surface area contributed by atoms with E-state index in [2.05, 4.69) is 72.6 Å². The van der Waals surface area contributed by atoms with Crippen LogP contribution in [0.15, 0.2) is 45.9 Å². The predicted molar refractivity (Wildman–Crippen MR) is 103 cm³/mol. The van der Waals surface area contributed by atoms with Crippen LogP contribution in [0.25, 0.3) is 0 Å². The van der Waals surface area contributed by atoms with Gasteiger partial charge in [0, 0.05) is 18.5 Å². The van der Waals surface area contributed by atoms with E-state index in [1.54, 1.807) is 13.2 Å². The third-order valence-electron chi connectivity index (χ3n) is 4.02. The third kappa shape index (κ3) is 6.25. The first-order chi connectivity index (χ1) is 11.9. The largest absolute Gasteiger partial charge is 0.443 e. The summed E-state index contributed by atoms with van der Waals surface area (Å²) in [6.45, 7) is 9.01. The fraction of sp³-hybridized carbons (Fsp3) is 0.500. The molecule has 0 radical (unpaired) electrons. The Labute approximate surface area is 151 Å². The smallest absolute Gasteiger partial charge is 0.213 e. The van der Waals surface area contributed by atoms with E-state index >= 15 is 0 Å². The van der Waals surface area contributed by atoms with E-state index in [1.807, 2.05) is 6.07 Å². The van der Waals surface area contributed by atoms with E-state index in [0.29, 0.717) is 18.5 Å². The average Bonchev–Trinajstić information content (AvgIpc) is 3.07. The number of rotatable bonds is 6. The molecule has 1 aromatic heterocycles. The second-order valence-corrected chi connectivity index (χ2v) is 7.36. The fourth-order valence-electron chi connectivity index (χ4n) is 2.43. The van der Waals surface area contributed by atoms with Crippen LogP contribution < -0.4 is 10.6 Å². The van der Waals surface area contributed by atoms with E-state index in [1.165, 1.54) is 5.56 Å². The average molecular weight is 342 g/mol. The molecule has 0 bridgehead atoms. The monoisotopic (exact) mass is 342 g/mol. The maximum Gasteiger partial charge on any atom is 0.213 e. The Hall–Kier alpha value is -2.30. The minimum Gasteiger partial charge on any atom is -0.443 e. The molecular formula is C20H30N4O. The number of guanidine groups is 1. The molecule has 1 aromatic carbocycles. The topological polar surface area (TPSA) is 62.5 Å². The number of hydrogen-bond donors (Lipinski definition) is 2. The van der Waals surface area contributed by atoms with Crippen LogP contribution in [0.4, 0.5) is 0 Å². The Morgan fingerprint density at radius 2 is 1.96 bits per heavy atom. The van der Waals surface area contributed by atoms with Gasteiger partial charge in [-0.15, -0.1) is 0 Å². The summed E-state index contributed by atoms with van der Waals surface area (Å²) in [5.74, 6) is 2.32. The quantitative estimate of drug-likeness (QED) is 0.621. The number of nitrogens with one attached hydrogen (secondary N) is 2. The second kappa shape index (κ2) is 8.70. The summed E-state index contributed by atoms with van der Waals surface area (Å²) in [6.07, 6.45) is 3.88. The highest BCUT2D eigenvalue weighted by atomic mass is 16.4. The fourth-order valence-corrected chi connectivity index (χ4v) is 2.43. The van der Waals surface area contributed by atoms with E-state index < -0.39 is 0 Å². The molecule has 0 saturated heterocycles. The molecule has 0 aliphatic heterocycles. The molecular weight excluding hydrogens is 312 g/mol. The summed E-state index contributed by atoms with van der Waals surface area (Å²) >= 11 is 0. The van der Waals surface area contributed by atoms with Gasteiger partial charge >= 0.3 is 0 Å². The lowest BCUT2D eigenvalue weighted by Gasteiger charge is -2.17. The van der Waals surface area contributed by atoms with Crippen molar-refractivity contribution < 1.29 is 4.42 Å². The van der Waals surface area contributed by atoms with Gasteiger partial charge in [-0.05, 0) is 25.3 Å². The van der Waals surface area contributed by atoms with Gasteiger partial charge in [-0.1, -0.05) is 51.1 Å². The van der Waals surface area contributed by atoms with Crippen LogP contribution in [0.1, 0.15) is 51.3 Å². The van der Waals surface area contributed by atoms with E-state index in [9.17, 15) is 0 Å². The van der Waals surface area contributed by atoms with Crippen molar-refractivity contribution in [1.82, 2.24) is 15.6 Å². The van der Waals surface area contributed by atoms with Gasteiger partial charge in [0.05, 0.1) is 12.7 Å². The zero-order chi connectivity index (χ0) is 18.3. The van der Waals surface area contributed by atoms with Gasteiger partial charge in [0.1, 0.15) is 5.76 Å². The minimum atomic E-state index is -0.0306. The Kier molecular flexibility index (Phi) is 6.62. The lowest BCUT2D eigenvalue weighted by Crippen LogP contribution is -2.42. The molecule has 1 unspecified atom stereocenters. The van der Waals surface area contributed by atoms with Crippen LogP contribution in [0, 0.1) is 0 Å². The van der Waals surface area contributed by atoms with Crippen molar-refractivity contribution in [3.05, 3.63) is 53.7 Å². The number of benzene rings is 1. The van der Waals surface area contributed by atoms with E-state index in [-0.39, 0.29) is 5.41 Å². The van der Waals surface area contributed by atoms with Crippen molar-refractivity contribution in [2.75, 3.05) is 7.05 Å². The molecule has 5 heteroatoms. The van der Waals surface area contributed by atoms with Crippen molar-refractivity contribution in [3.63, 3.8) is 0 Å². The van der Waals surface area contributed by atoms with Gasteiger partial charge in [-0.2, -0.15) is 0 Å². The number of hydrogen-bond acceptors (Lipinski definition) is 3. The summed E-state index contributed by atoms with van der Waals surface area (Å²) in [5, 5.41) is 6.68. The molecule has 1 atom stereocenters. The highest BCUT2D eigenvalue weighted by molar-refractivity contribution is 5.79. The van der Waals surface area contributed by atoms with Crippen molar-refractivity contribution >= 4 is 5.96 Å². The molecule has 0 fully saturated rings. The SMILES string of the molecule is CN=C(NCc1ncc(C(C)(C)C)o1)NC(C)CCc1ccccc1. The molecule has 2 rings (SSSR count). The number of aromatic nitrogens is 1. The molecule has 2 aromatic rings. The first-order valence-electron chi connectivity index (χ1n) is 8.85. The van der Waals surface area contributed by atoms with Gasteiger partial charge in [0.2, 0.25) is 5.89 Å². The summed E-state index contributed by atoms with van der Waals surface area (Å²) in [7, 11) is 1.77. The summed E-state index contributed by atoms with van der Waals surface area (Å²) in [4.78, 5) is 8.61. The summed E-state index contributed by atoms with van der Waals surface area (Å²) < 4.78 is 5.80. The molecule has 25 heavy (non-hydrogen) atoms. The molecule has 5 nitrogen and oxygen atoms in total. The van der Waals surface area contributed by atoms with Crippen molar-refractivity contribution in [2.45, 2.75) is 58.5 Å². The van der Waals surface area contributed by atoms with Crippen LogP contribution in [0.3, 0.4) is 0 Å². The van der Waals surface area contributed by atoms with Gasteiger partial charge in [-0.3, -0.25) is 4.99 Å². The van der Waals surface area contributed by atoms with Crippen LogP contribution in [0.5, 0.6) is 0 Å². The van der Waals surface area contributed by atoms with E-state index in [0.717, 1.165) is 24.6 Å². The standard InChI is InChI=1S/C20H30N4O/c1-15(11-12-16-9-7-6-8-10-16)24-19(21-5)23-14-18-22-13-17(25-18)20(2,3)4/h6-10,13,15H,11-12,14H2,1-5H3,(H2,21,23,24). The van der Waals surface area contributed by atoms with Gasteiger partial charge in [-0.25, -0.2) is 4.98 Å². The van der Waals surface area contributed by atoms with E-state index in [4.69, 9.17) is 4.42 Å². The lowest BCUT2D eigenvalue weighted by molar-refractivity contribution is 0.379. The molecule has 0 amide bonds. The number of nitrogens with zero attached hydrogens (tertiary/aromatic N) is 2. The molecule has 0 aliphatic rings. The predicted octanol–water partition coefficient (Wildman–Crippen LogP) is 3.66. The Bertz CT molecular complexity index is 671. The summed E-state index contributed by atoms with van der Waals surface area (Å²) in [6, 6.07) is 10.8. The van der Waals surface area contributed by atoms with Crippen LogP contribution >= 0.6 is 0 Å². The Morgan fingerprint density at radius 3 is 2.56 bits per heavy atom. The van der Waals surface area contributed by atoms with Crippen molar-refractivity contribution in [1.29, 1.82) is 0 Å². The Balaban J connectivity index is 1.79. The molecule has 1 heterocycles. The van der Waals surface area contributed by atoms with Gasteiger partial charge < -0.3 is 15.1 Å². The van der Waals surface area contributed by atoms with Gasteiger partial charge in [0.15, 0.2) is 5.96 Å². The summed E-state index contributed by atoms with van der Waals surface area (Å²) in [5.41, 5.74) is 1.32. The zero-order valence-corrected chi connectivity index (χ0v) is 16.0. The van der Waals surface area contributed by atoms with Crippen molar-refractivity contribution in [2.24, 2.45) is 4.99 Å². The molecule has 0 spiro atoms. The second-order valence-electron chi connectivity index (χ2n) is 7.36. The third-order valence-corrected chi connectivity index (χ3v) is 4.02. The van der Waals surface area contributed by atoms with Crippen LogP contribution in [-0.4, -0.2) is 24.0 Å². The number of oxazole rings is 1. The maximum atomic E-state index is 5.80. The Morgan fingerprint density at radius 1 is 1.24 bits per heavy atom. The zero-order valence-electron chi connectivity index (χ0n) is 16.0. The molecule has 2 N–H and O–H groups in total. The lowest BCUT2D eigenvalue weighted by atomic mass is 9.94. The number of aliphatic imine (C=N–C) groups is 1. The maximum absolute atomic E-state index is 5.80. The van der Waals surface area contributed by atoms with Crippen molar-refractivity contribution in [3.8, 4) is 0 Å². The first-order valence-corrected chi connectivity index (χ1v) is 8.85. The molecule has 136 valence electrons. The molecule has 0 aliphatic carbocycles. The van der Waals surface area contributed by atoms with Gasteiger partial charge in [0.25, 0.3) is 0 Å². The highest BCUT2D eigenvalue weighted by Crippen LogP contribution is 2.22. The first kappa shape index (κ1) is 19.0.